The first-order valence-electron chi connectivity index (χ1n) is 6.85. The highest BCUT2D eigenvalue weighted by Gasteiger charge is 2.35. The number of carbonyl (C=O) groups excluding carboxylic acids is 2. The smallest absolute Gasteiger partial charge is 0.255 e. The third-order valence-electron chi connectivity index (χ3n) is 3.78. The van der Waals surface area contributed by atoms with Gasteiger partial charge in [0.1, 0.15) is 5.15 Å². The maximum atomic E-state index is 12.3. The number of hydrogen-bond donors (Lipinski definition) is 0. The molecule has 0 unspecified atom stereocenters. The molecule has 2 amide bonds. The molecule has 5 nitrogen and oxygen atoms in total. The summed E-state index contributed by atoms with van der Waals surface area (Å²) in [5.41, 5.74) is 0.538. The molecule has 0 radical (unpaired) electrons. The zero-order valence-corrected chi connectivity index (χ0v) is 11.8. The second kappa shape index (κ2) is 5.40. The van der Waals surface area contributed by atoms with E-state index in [0.717, 1.165) is 12.8 Å². The van der Waals surface area contributed by atoms with Crippen LogP contribution in [0.1, 0.15) is 23.2 Å². The van der Waals surface area contributed by atoms with Crippen molar-refractivity contribution in [2.75, 3.05) is 26.2 Å². The average Bonchev–Trinajstić information content (AvgIpc) is 3.31. The molecular weight excluding hydrogens is 278 g/mol. The van der Waals surface area contributed by atoms with Gasteiger partial charge in [-0.05, 0) is 25.0 Å². The van der Waals surface area contributed by atoms with Crippen molar-refractivity contribution in [1.82, 2.24) is 14.8 Å². The second-order valence-electron chi connectivity index (χ2n) is 5.26. The Morgan fingerprint density at radius 1 is 1.10 bits per heavy atom. The van der Waals surface area contributed by atoms with Gasteiger partial charge < -0.3 is 9.80 Å². The summed E-state index contributed by atoms with van der Waals surface area (Å²) in [7, 11) is 0. The number of hydrogen-bond acceptors (Lipinski definition) is 3. The molecule has 1 aliphatic heterocycles. The molecule has 1 aromatic rings. The van der Waals surface area contributed by atoms with E-state index in [1.54, 1.807) is 17.0 Å². The summed E-state index contributed by atoms with van der Waals surface area (Å²) in [4.78, 5) is 31.8. The van der Waals surface area contributed by atoms with Crippen LogP contribution in [-0.2, 0) is 4.79 Å². The summed E-state index contributed by atoms with van der Waals surface area (Å²) in [5.74, 6) is 0.454. The van der Waals surface area contributed by atoms with E-state index in [1.807, 2.05) is 4.90 Å². The van der Waals surface area contributed by atoms with Gasteiger partial charge in [-0.1, -0.05) is 11.6 Å². The van der Waals surface area contributed by atoms with Crippen molar-refractivity contribution in [2.24, 2.45) is 5.92 Å². The Balaban J connectivity index is 1.58. The van der Waals surface area contributed by atoms with E-state index >= 15 is 0 Å². The van der Waals surface area contributed by atoms with Crippen molar-refractivity contribution in [3.8, 4) is 0 Å². The molecule has 0 bridgehead atoms. The van der Waals surface area contributed by atoms with Crippen LogP contribution in [0, 0.1) is 5.92 Å². The third kappa shape index (κ3) is 2.77. The fourth-order valence-corrected chi connectivity index (χ4v) is 2.52. The number of carbonyl (C=O) groups is 2. The fraction of sp³-hybridized carbons (Fsp3) is 0.500. The van der Waals surface area contributed by atoms with E-state index in [2.05, 4.69) is 4.98 Å². The normalized spacial score (nSPS) is 19.1. The van der Waals surface area contributed by atoms with Crippen LogP contribution in [0.5, 0.6) is 0 Å². The van der Waals surface area contributed by atoms with Crippen molar-refractivity contribution in [3.05, 3.63) is 29.0 Å². The van der Waals surface area contributed by atoms with Gasteiger partial charge in [-0.2, -0.15) is 0 Å². The molecule has 3 rings (SSSR count). The first-order chi connectivity index (χ1) is 9.65. The third-order valence-corrected chi connectivity index (χ3v) is 4.00. The molecule has 2 fully saturated rings. The van der Waals surface area contributed by atoms with Gasteiger partial charge in [0.2, 0.25) is 5.91 Å². The van der Waals surface area contributed by atoms with Gasteiger partial charge in [-0.15, -0.1) is 0 Å². The van der Waals surface area contributed by atoms with Crippen LogP contribution in [0.4, 0.5) is 0 Å². The first-order valence-corrected chi connectivity index (χ1v) is 7.22. The lowest BCUT2D eigenvalue weighted by Gasteiger charge is -2.34. The Hall–Kier alpha value is -1.62. The van der Waals surface area contributed by atoms with Gasteiger partial charge >= 0.3 is 0 Å². The highest BCUT2D eigenvalue weighted by molar-refractivity contribution is 6.29. The van der Waals surface area contributed by atoms with E-state index in [0.29, 0.717) is 36.9 Å². The molecule has 0 spiro atoms. The largest absolute Gasteiger partial charge is 0.339 e. The number of aromatic nitrogens is 1. The van der Waals surface area contributed by atoms with Crippen molar-refractivity contribution < 1.29 is 9.59 Å². The van der Waals surface area contributed by atoms with Crippen LogP contribution in [0.25, 0.3) is 0 Å². The molecule has 0 atom stereocenters. The minimum atomic E-state index is -0.0484. The van der Waals surface area contributed by atoms with Gasteiger partial charge in [-0.3, -0.25) is 9.59 Å². The lowest BCUT2D eigenvalue weighted by Crippen LogP contribution is -2.51. The molecular formula is C14H16ClN3O2. The van der Waals surface area contributed by atoms with Crippen molar-refractivity contribution in [2.45, 2.75) is 12.8 Å². The lowest BCUT2D eigenvalue weighted by molar-refractivity contribution is -0.134. The predicted octanol–water partition coefficient (Wildman–Crippen LogP) is 1.43. The number of halogens is 1. The fourth-order valence-electron chi connectivity index (χ4n) is 2.40. The van der Waals surface area contributed by atoms with Crippen LogP contribution in [-0.4, -0.2) is 52.8 Å². The van der Waals surface area contributed by atoms with Gasteiger partial charge in [-0.25, -0.2) is 4.98 Å². The summed E-state index contributed by atoms with van der Waals surface area (Å²) in [6, 6.07) is 3.29. The Kier molecular flexibility index (Phi) is 3.61. The number of rotatable bonds is 2. The maximum absolute atomic E-state index is 12.3. The Morgan fingerprint density at radius 2 is 1.75 bits per heavy atom. The predicted molar refractivity (Wildman–Crippen MR) is 74.5 cm³/mol. The minimum absolute atomic E-state index is 0.0484. The molecule has 2 aliphatic rings. The van der Waals surface area contributed by atoms with Crippen LogP contribution < -0.4 is 0 Å². The average molecular weight is 294 g/mol. The van der Waals surface area contributed by atoms with Gasteiger partial charge in [0.25, 0.3) is 5.91 Å². The quantitative estimate of drug-likeness (QED) is 0.775. The Bertz CT molecular complexity index is 520. The summed E-state index contributed by atoms with van der Waals surface area (Å²) < 4.78 is 0. The lowest BCUT2D eigenvalue weighted by atomic mass is 10.2. The first kappa shape index (κ1) is 13.4. The van der Waals surface area contributed by atoms with Crippen LogP contribution in [0.3, 0.4) is 0 Å². The number of nitrogens with zero attached hydrogens (tertiary/aromatic N) is 3. The van der Waals surface area contributed by atoms with Crippen LogP contribution in [0.2, 0.25) is 5.15 Å². The van der Waals surface area contributed by atoms with Gasteiger partial charge in [0.05, 0.1) is 5.56 Å². The summed E-state index contributed by atoms with van der Waals surface area (Å²) in [6.07, 6.45) is 3.54. The van der Waals surface area contributed by atoms with Crippen molar-refractivity contribution in [3.63, 3.8) is 0 Å². The second-order valence-corrected chi connectivity index (χ2v) is 5.65. The zero-order valence-electron chi connectivity index (χ0n) is 11.1. The van der Waals surface area contributed by atoms with E-state index in [-0.39, 0.29) is 17.7 Å². The number of pyridine rings is 1. The van der Waals surface area contributed by atoms with Crippen LogP contribution >= 0.6 is 11.6 Å². The molecule has 0 N–H and O–H groups in total. The number of amides is 2. The SMILES string of the molecule is O=C(c1ccc(Cl)nc1)N1CCN(C(=O)C2CC2)CC1. The molecule has 1 saturated heterocycles. The molecule has 0 aromatic carbocycles. The van der Waals surface area contributed by atoms with Crippen molar-refractivity contribution >= 4 is 23.4 Å². The molecule has 6 heteroatoms. The van der Waals surface area contributed by atoms with Crippen molar-refractivity contribution in [1.29, 1.82) is 0 Å². The summed E-state index contributed by atoms with van der Waals surface area (Å²) in [5, 5.41) is 0.376. The zero-order chi connectivity index (χ0) is 14.1. The monoisotopic (exact) mass is 293 g/mol. The molecule has 1 aliphatic carbocycles. The van der Waals surface area contributed by atoms with Crippen LogP contribution in [0.15, 0.2) is 18.3 Å². The molecule has 106 valence electrons. The van der Waals surface area contributed by atoms with Gasteiger partial charge in [0.15, 0.2) is 0 Å². The molecule has 1 saturated carbocycles. The topological polar surface area (TPSA) is 53.5 Å². The maximum Gasteiger partial charge on any atom is 0.255 e. The highest BCUT2D eigenvalue weighted by atomic mass is 35.5. The van der Waals surface area contributed by atoms with Gasteiger partial charge in [0, 0.05) is 38.3 Å². The molecule has 2 heterocycles. The molecule has 20 heavy (non-hydrogen) atoms. The van der Waals surface area contributed by atoms with E-state index in [1.165, 1.54) is 6.20 Å². The van der Waals surface area contributed by atoms with E-state index in [4.69, 9.17) is 11.6 Å². The minimum Gasteiger partial charge on any atom is -0.339 e. The summed E-state index contributed by atoms with van der Waals surface area (Å²) in [6.45, 7) is 2.42. The number of piperazine rings is 1. The Morgan fingerprint density at radius 3 is 2.30 bits per heavy atom. The standard InChI is InChI=1S/C14H16ClN3O2/c15-12-4-3-11(9-16-12)14(20)18-7-5-17(6-8-18)13(19)10-1-2-10/h3-4,9-10H,1-2,5-8H2. The highest BCUT2D eigenvalue weighted by Crippen LogP contribution is 2.31. The van der Waals surface area contributed by atoms with E-state index in [9.17, 15) is 9.59 Å². The summed E-state index contributed by atoms with van der Waals surface area (Å²) >= 11 is 5.71. The Labute approximate surface area is 122 Å². The molecule has 1 aromatic heterocycles. The van der Waals surface area contributed by atoms with E-state index < -0.39 is 0 Å².